The Balaban J connectivity index is 1.83. The second-order valence-corrected chi connectivity index (χ2v) is 7.93. The molecule has 0 atom stereocenters. The largest absolute Gasteiger partial charge is 0.370 e. The standard InChI is InChI=1S/C23H21ClN6O2/c1-13-10-26-12-20(28-13)15-5-6-17(19(24)9-15)18-8-16-11-27-14(2)29-22(16)30(23(18)32)7-3-4-21(25)31/h5-6,8-12H,3-4,7H2,1-2H3,(H2,25,31). The molecule has 0 aliphatic rings. The number of hydrogen-bond donors (Lipinski definition) is 1. The highest BCUT2D eigenvalue weighted by Crippen LogP contribution is 2.31. The highest BCUT2D eigenvalue weighted by molar-refractivity contribution is 6.33. The van der Waals surface area contributed by atoms with Crippen molar-refractivity contribution in [3.63, 3.8) is 0 Å². The van der Waals surface area contributed by atoms with Crippen LogP contribution in [-0.4, -0.2) is 30.4 Å². The van der Waals surface area contributed by atoms with E-state index in [9.17, 15) is 9.59 Å². The SMILES string of the molecule is Cc1cncc(-c2ccc(-c3cc4cnc(C)nc4n(CCCC(N)=O)c3=O)c(Cl)c2)n1. The monoisotopic (exact) mass is 448 g/mol. The fourth-order valence-electron chi connectivity index (χ4n) is 3.55. The number of rotatable bonds is 6. The molecule has 0 bridgehead atoms. The van der Waals surface area contributed by atoms with Crippen LogP contribution in [0.15, 0.2) is 47.7 Å². The molecule has 0 aliphatic heterocycles. The van der Waals surface area contributed by atoms with Crippen LogP contribution in [0.5, 0.6) is 0 Å². The minimum Gasteiger partial charge on any atom is -0.370 e. The molecule has 0 aliphatic carbocycles. The average Bonchev–Trinajstić information content (AvgIpc) is 2.75. The van der Waals surface area contributed by atoms with E-state index in [1.165, 1.54) is 0 Å². The Bertz CT molecular complexity index is 1400. The minimum absolute atomic E-state index is 0.176. The van der Waals surface area contributed by atoms with Crippen molar-refractivity contribution < 1.29 is 4.79 Å². The smallest absolute Gasteiger partial charge is 0.260 e. The maximum absolute atomic E-state index is 13.4. The summed E-state index contributed by atoms with van der Waals surface area (Å²) in [5.41, 5.74) is 8.85. The van der Waals surface area contributed by atoms with Gasteiger partial charge in [-0.25, -0.2) is 15.0 Å². The molecule has 0 fully saturated rings. The van der Waals surface area contributed by atoms with Crippen LogP contribution in [0.4, 0.5) is 0 Å². The zero-order chi connectivity index (χ0) is 22.8. The number of nitrogens with two attached hydrogens (primary N) is 1. The first-order valence-corrected chi connectivity index (χ1v) is 10.5. The lowest BCUT2D eigenvalue weighted by Gasteiger charge is -2.13. The first-order chi connectivity index (χ1) is 15.3. The van der Waals surface area contributed by atoms with Crippen molar-refractivity contribution in [2.24, 2.45) is 5.73 Å². The van der Waals surface area contributed by atoms with E-state index >= 15 is 0 Å². The molecule has 0 saturated carbocycles. The van der Waals surface area contributed by atoms with Crippen LogP contribution >= 0.6 is 11.6 Å². The fourth-order valence-corrected chi connectivity index (χ4v) is 3.83. The quantitative estimate of drug-likeness (QED) is 0.482. The molecule has 1 aromatic carbocycles. The summed E-state index contributed by atoms with van der Waals surface area (Å²) in [5, 5.41) is 1.12. The molecule has 0 saturated heterocycles. The second kappa shape index (κ2) is 8.84. The molecule has 0 radical (unpaired) electrons. The van der Waals surface area contributed by atoms with E-state index in [4.69, 9.17) is 17.3 Å². The lowest BCUT2D eigenvalue weighted by atomic mass is 10.0. The Morgan fingerprint density at radius 1 is 1.09 bits per heavy atom. The molecule has 4 rings (SSSR count). The van der Waals surface area contributed by atoms with Crippen LogP contribution < -0.4 is 11.3 Å². The highest BCUT2D eigenvalue weighted by Gasteiger charge is 2.16. The van der Waals surface area contributed by atoms with E-state index in [2.05, 4.69) is 19.9 Å². The second-order valence-electron chi connectivity index (χ2n) is 7.52. The minimum atomic E-state index is -0.415. The number of aryl methyl sites for hydroxylation is 3. The van der Waals surface area contributed by atoms with Crippen molar-refractivity contribution >= 4 is 28.5 Å². The van der Waals surface area contributed by atoms with Gasteiger partial charge in [0.1, 0.15) is 11.5 Å². The number of carbonyl (C=O) groups excluding carboxylic acids is 1. The number of hydrogen-bond acceptors (Lipinski definition) is 6. The van der Waals surface area contributed by atoms with Crippen molar-refractivity contribution in [3.05, 3.63) is 69.8 Å². The Kier molecular flexibility index (Phi) is 5.96. The summed E-state index contributed by atoms with van der Waals surface area (Å²) >= 11 is 6.61. The number of pyridine rings is 1. The number of nitrogens with zero attached hydrogens (tertiary/aromatic N) is 5. The molecule has 2 N–H and O–H groups in total. The van der Waals surface area contributed by atoms with E-state index in [1.54, 1.807) is 48.3 Å². The molecule has 8 nitrogen and oxygen atoms in total. The summed E-state index contributed by atoms with van der Waals surface area (Å²) in [6, 6.07) is 7.17. The molecule has 9 heteroatoms. The molecule has 0 spiro atoms. The zero-order valence-electron chi connectivity index (χ0n) is 17.7. The van der Waals surface area contributed by atoms with Gasteiger partial charge in [0.25, 0.3) is 5.56 Å². The van der Waals surface area contributed by atoms with E-state index < -0.39 is 5.91 Å². The van der Waals surface area contributed by atoms with Gasteiger partial charge in [-0.05, 0) is 32.4 Å². The lowest BCUT2D eigenvalue weighted by Crippen LogP contribution is -2.24. The van der Waals surface area contributed by atoms with Gasteiger partial charge in [-0.2, -0.15) is 0 Å². The highest BCUT2D eigenvalue weighted by atomic mass is 35.5. The molecule has 3 heterocycles. The Morgan fingerprint density at radius 2 is 1.91 bits per heavy atom. The summed E-state index contributed by atoms with van der Waals surface area (Å²) in [7, 11) is 0. The van der Waals surface area contributed by atoms with Gasteiger partial charge in [0.05, 0.1) is 17.6 Å². The third kappa shape index (κ3) is 4.36. The summed E-state index contributed by atoms with van der Waals surface area (Å²) in [6.07, 6.45) is 5.62. The third-order valence-corrected chi connectivity index (χ3v) is 5.38. The van der Waals surface area contributed by atoms with Crippen molar-refractivity contribution in [1.29, 1.82) is 0 Å². The van der Waals surface area contributed by atoms with Crippen molar-refractivity contribution in [2.75, 3.05) is 0 Å². The van der Waals surface area contributed by atoms with Gasteiger partial charge in [-0.1, -0.05) is 23.7 Å². The van der Waals surface area contributed by atoms with Gasteiger partial charge in [-0.15, -0.1) is 0 Å². The van der Waals surface area contributed by atoms with Gasteiger partial charge in [0.15, 0.2) is 0 Å². The van der Waals surface area contributed by atoms with E-state index in [0.29, 0.717) is 51.7 Å². The van der Waals surface area contributed by atoms with Crippen LogP contribution in [0.25, 0.3) is 33.4 Å². The maximum Gasteiger partial charge on any atom is 0.260 e. The molecule has 0 unspecified atom stereocenters. The Hall–Kier alpha value is -3.65. The molecule has 3 aromatic heterocycles. The van der Waals surface area contributed by atoms with Crippen LogP contribution in [-0.2, 0) is 11.3 Å². The van der Waals surface area contributed by atoms with Gasteiger partial charge in [0.2, 0.25) is 5.91 Å². The van der Waals surface area contributed by atoms with Gasteiger partial charge in [0, 0.05) is 52.5 Å². The van der Waals surface area contributed by atoms with E-state index in [1.807, 2.05) is 13.0 Å². The molecule has 162 valence electrons. The Labute approximate surface area is 189 Å². The predicted octanol–water partition coefficient (Wildman–Crippen LogP) is 3.45. The molecular weight excluding hydrogens is 428 g/mol. The van der Waals surface area contributed by atoms with E-state index in [-0.39, 0.29) is 12.0 Å². The number of amides is 1. The van der Waals surface area contributed by atoms with Crippen molar-refractivity contribution in [1.82, 2.24) is 24.5 Å². The summed E-state index contributed by atoms with van der Waals surface area (Å²) in [6.45, 7) is 3.93. The summed E-state index contributed by atoms with van der Waals surface area (Å²) in [4.78, 5) is 42.0. The van der Waals surface area contributed by atoms with Gasteiger partial charge < -0.3 is 5.73 Å². The Morgan fingerprint density at radius 3 is 2.62 bits per heavy atom. The molecule has 32 heavy (non-hydrogen) atoms. The predicted molar refractivity (Wildman–Crippen MR) is 123 cm³/mol. The summed E-state index contributed by atoms with van der Waals surface area (Å²) < 4.78 is 1.55. The number of primary amides is 1. The van der Waals surface area contributed by atoms with Crippen LogP contribution in [0.3, 0.4) is 0 Å². The fraction of sp³-hybridized carbons (Fsp3) is 0.217. The number of carbonyl (C=O) groups is 1. The normalized spacial score (nSPS) is 11.1. The molecule has 1 amide bonds. The van der Waals surface area contributed by atoms with Crippen LogP contribution in [0, 0.1) is 13.8 Å². The number of fused-ring (bicyclic) bond motifs is 1. The van der Waals surface area contributed by atoms with Gasteiger partial charge >= 0.3 is 0 Å². The number of halogens is 1. The molecule has 4 aromatic rings. The van der Waals surface area contributed by atoms with Crippen LogP contribution in [0.1, 0.15) is 24.4 Å². The molecular formula is C23H21ClN6O2. The lowest BCUT2D eigenvalue weighted by molar-refractivity contribution is -0.118. The first kappa shape index (κ1) is 21.6. The first-order valence-electron chi connectivity index (χ1n) is 10.1. The van der Waals surface area contributed by atoms with Crippen LogP contribution in [0.2, 0.25) is 5.02 Å². The average molecular weight is 449 g/mol. The summed E-state index contributed by atoms with van der Waals surface area (Å²) in [5.74, 6) is 0.136. The van der Waals surface area contributed by atoms with Crippen molar-refractivity contribution in [3.8, 4) is 22.4 Å². The van der Waals surface area contributed by atoms with E-state index in [0.717, 1.165) is 11.3 Å². The maximum atomic E-state index is 13.4. The zero-order valence-corrected chi connectivity index (χ0v) is 18.4. The third-order valence-electron chi connectivity index (χ3n) is 5.06. The number of aromatic nitrogens is 5. The van der Waals surface area contributed by atoms with Gasteiger partial charge in [-0.3, -0.25) is 19.1 Å². The van der Waals surface area contributed by atoms with Crippen molar-refractivity contribution in [2.45, 2.75) is 33.2 Å². The topological polar surface area (TPSA) is 117 Å². The number of benzene rings is 1.